The lowest BCUT2D eigenvalue weighted by Gasteiger charge is -2.25. The first-order valence-electron chi connectivity index (χ1n) is 5.54. The standard InChI is InChI=1S/C11H18N2O/c12-6-5-11(3-4-11)9-14-10-2-1-7-13-8-10/h10,13H,1-5,7-9H2/t10-/m0/s1. The van der Waals surface area contributed by atoms with Gasteiger partial charge in [-0.05, 0) is 32.2 Å². The van der Waals surface area contributed by atoms with Crippen LogP contribution in [0.5, 0.6) is 0 Å². The molecule has 1 atom stereocenters. The van der Waals surface area contributed by atoms with Gasteiger partial charge in [0.15, 0.2) is 0 Å². The van der Waals surface area contributed by atoms with Gasteiger partial charge in [0.1, 0.15) is 0 Å². The van der Waals surface area contributed by atoms with E-state index in [1.807, 2.05) is 0 Å². The molecule has 1 heterocycles. The molecule has 0 unspecified atom stereocenters. The molecule has 0 bridgehead atoms. The van der Waals surface area contributed by atoms with Crippen LogP contribution in [-0.2, 0) is 4.74 Å². The second kappa shape index (κ2) is 4.29. The van der Waals surface area contributed by atoms with Gasteiger partial charge in [-0.2, -0.15) is 5.26 Å². The monoisotopic (exact) mass is 194 g/mol. The highest BCUT2D eigenvalue weighted by Crippen LogP contribution is 2.48. The molecule has 0 spiro atoms. The molecule has 0 radical (unpaired) electrons. The molecule has 78 valence electrons. The molecule has 3 nitrogen and oxygen atoms in total. The maximum Gasteiger partial charge on any atom is 0.0700 e. The van der Waals surface area contributed by atoms with Crippen molar-refractivity contribution < 1.29 is 4.74 Å². The van der Waals surface area contributed by atoms with Crippen LogP contribution in [0.15, 0.2) is 0 Å². The van der Waals surface area contributed by atoms with Gasteiger partial charge in [0.25, 0.3) is 0 Å². The van der Waals surface area contributed by atoms with Crippen LogP contribution in [0.4, 0.5) is 0 Å². The minimum atomic E-state index is 0.242. The number of piperidine rings is 1. The normalized spacial score (nSPS) is 29.5. The summed E-state index contributed by atoms with van der Waals surface area (Å²) in [6, 6.07) is 2.26. The Morgan fingerprint density at radius 2 is 2.36 bits per heavy atom. The van der Waals surface area contributed by atoms with E-state index >= 15 is 0 Å². The van der Waals surface area contributed by atoms with Crippen LogP contribution in [0, 0.1) is 16.7 Å². The molecule has 2 fully saturated rings. The van der Waals surface area contributed by atoms with Crippen molar-refractivity contribution in [2.45, 2.75) is 38.2 Å². The summed E-state index contributed by atoms with van der Waals surface area (Å²) in [7, 11) is 0. The van der Waals surface area contributed by atoms with Gasteiger partial charge < -0.3 is 10.1 Å². The van der Waals surface area contributed by atoms with Crippen LogP contribution in [0.25, 0.3) is 0 Å². The lowest BCUT2D eigenvalue weighted by Crippen LogP contribution is -2.36. The Kier molecular flexibility index (Phi) is 3.05. The van der Waals surface area contributed by atoms with Gasteiger partial charge in [-0.3, -0.25) is 0 Å². The Bertz CT molecular complexity index is 224. The zero-order valence-electron chi connectivity index (χ0n) is 8.59. The van der Waals surface area contributed by atoms with E-state index in [0.29, 0.717) is 12.5 Å². The first-order valence-corrected chi connectivity index (χ1v) is 5.54. The van der Waals surface area contributed by atoms with Gasteiger partial charge in [-0.15, -0.1) is 0 Å². The van der Waals surface area contributed by atoms with E-state index in [9.17, 15) is 0 Å². The number of hydrogen-bond donors (Lipinski definition) is 1. The number of ether oxygens (including phenoxy) is 1. The Morgan fingerprint density at radius 3 is 2.93 bits per heavy atom. The average Bonchev–Trinajstić information content (AvgIpc) is 2.98. The van der Waals surface area contributed by atoms with E-state index in [2.05, 4.69) is 11.4 Å². The van der Waals surface area contributed by atoms with Crippen molar-refractivity contribution in [3.63, 3.8) is 0 Å². The zero-order valence-corrected chi connectivity index (χ0v) is 8.59. The van der Waals surface area contributed by atoms with E-state index in [4.69, 9.17) is 10.00 Å². The molecule has 2 rings (SSSR count). The van der Waals surface area contributed by atoms with Crippen molar-refractivity contribution in [1.29, 1.82) is 5.26 Å². The topological polar surface area (TPSA) is 45.0 Å². The molecule has 1 aliphatic heterocycles. The van der Waals surface area contributed by atoms with Crippen LogP contribution in [0.1, 0.15) is 32.1 Å². The van der Waals surface area contributed by atoms with Crippen molar-refractivity contribution in [3.05, 3.63) is 0 Å². The van der Waals surface area contributed by atoms with Crippen LogP contribution in [0.3, 0.4) is 0 Å². The summed E-state index contributed by atoms with van der Waals surface area (Å²) in [5.74, 6) is 0. The average molecular weight is 194 g/mol. The van der Waals surface area contributed by atoms with E-state index in [-0.39, 0.29) is 5.41 Å². The SMILES string of the molecule is N#CCC1(CO[C@H]2CCCNC2)CC1. The van der Waals surface area contributed by atoms with Crippen molar-refractivity contribution in [1.82, 2.24) is 5.32 Å². The number of nitrogens with one attached hydrogen (secondary N) is 1. The van der Waals surface area contributed by atoms with Crippen LogP contribution in [0.2, 0.25) is 0 Å². The summed E-state index contributed by atoms with van der Waals surface area (Å²) in [6.45, 7) is 2.92. The highest BCUT2D eigenvalue weighted by atomic mass is 16.5. The molecule has 2 aliphatic rings. The van der Waals surface area contributed by atoms with E-state index in [1.165, 1.54) is 25.7 Å². The molecular formula is C11H18N2O. The highest BCUT2D eigenvalue weighted by molar-refractivity contribution is 4.99. The minimum Gasteiger partial charge on any atom is -0.376 e. The smallest absolute Gasteiger partial charge is 0.0700 e. The third kappa shape index (κ3) is 2.46. The Balaban J connectivity index is 1.69. The van der Waals surface area contributed by atoms with Gasteiger partial charge in [0, 0.05) is 18.4 Å². The van der Waals surface area contributed by atoms with Crippen molar-refractivity contribution in [2.24, 2.45) is 5.41 Å². The van der Waals surface area contributed by atoms with Crippen molar-refractivity contribution in [2.75, 3.05) is 19.7 Å². The lowest BCUT2D eigenvalue weighted by molar-refractivity contribution is 0.0102. The lowest BCUT2D eigenvalue weighted by atomic mass is 10.0. The van der Waals surface area contributed by atoms with Gasteiger partial charge in [0.05, 0.1) is 18.8 Å². The summed E-state index contributed by atoms with van der Waals surface area (Å²) in [5, 5.41) is 12.0. The molecule has 0 aromatic heterocycles. The second-order valence-corrected chi connectivity index (χ2v) is 4.61. The largest absolute Gasteiger partial charge is 0.376 e. The molecule has 0 aromatic rings. The van der Waals surface area contributed by atoms with E-state index < -0.39 is 0 Å². The summed E-state index contributed by atoms with van der Waals surface area (Å²) >= 11 is 0. The quantitative estimate of drug-likeness (QED) is 0.736. The molecule has 0 amide bonds. The predicted octanol–water partition coefficient (Wildman–Crippen LogP) is 1.45. The molecule has 1 N–H and O–H groups in total. The zero-order chi connectivity index (χ0) is 9.86. The number of nitrogens with zero attached hydrogens (tertiary/aromatic N) is 1. The fraction of sp³-hybridized carbons (Fsp3) is 0.909. The maximum atomic E-state index is 8.66. The molecular weight excluding hydrogens is 176 g/mol. The fourth-order valence-electron chi connectivity index (χ4n) is 1.97. The summed E-state index contributed by atoms with van der Waals surface area (Å²) < 4.78 is 5.85. The first kappa shape index (κ1) is 9.95. The summed E-state index contributed by atoms with van der Waals surface area (Å²) in [6.07, 6.45) is 5.82. The number of rotatable bonds is 4. The summed E-state index contributed by atoms with van der Waals surface area (Å²) in [5.41, 5.74) is 0.242. The Labute approximate surface area is 85.4 Å². The van der Waals surface area contributed by atoms with Gasteiger partial charge in [0.2, 0.25) is 0 Å². The van der Waals surface area contributed by atoms with Crippen LogP contribution >= 0.6 is 0 Å². The maximum absolute atomic E-state index is 8.66. The number of hydrogen-bond acceptors (Lipinski definition) is 3. The van der Waals surface area contributed by atoms with Crippen LogP contribution in [-0.4, -0.2) is 25.8 Å². The molecule has 1 saturated carbocycles. The molecule has 3 heteroatoms. The predicted molar refractivity (Wildman–Crippen MR) is 53.7 cm³/mol. The Hall–Kier alpha value is -0.590. The molecule has 1 saturated heterocycles. The van der Waals surface area contributed by atoms with Gasteiger partial charge >= 0.3 is 0 Å². The van der Waals surface area contributed by atoms with Gasteiger partial charge in [-0.25, -0.2) is 0 Å². The van der Waals surface area contributed by atoms with E-state index in [0.717, 1.165) is 19.7 Å². The molecule has 0 aromatic carbocycles. The summed E-state index contributed by atoms with van der Waals surface area (Å²) in [4.78, 5) is 0. The van der Waals surface area contributed by atoms with Crippen molar-refractivity contribution in [3.8, 4) is 6.07 Å². The fourth-order valence-corrected chi connectivity index (χ4v) is 1.97. The first-order chi connectivity index (χ1) is 6.85. The minimum absolute atomic E-state index is 0.242. The highest BCUT2D eigenvalue weighted by Gasteiger charge is 2.43. The van der Waals surface area contributed by atoms with Crippen molar-refractivity contribution >= 4 is 0 Å². The third-order valence-corrected chi connectivity index (χ3v) is 3.29. The van der Waals surface area contributed by atoms with Gasteiger partial charge in [-0.1, -0.05) is 0 Å². The molecule has 1 aliphatic carbocycles. The Morgan fingerprint density at radius 1 is 1.50 bits per heavy atom. The van der Waals surface area contributed by atoms with E-state index in [1.54, 1.807) is 0 Å². The second-order valence-electron chi connectivity index (χ2n) is 4.61. The number of nitriles is 1. The third-order valence-electron chi connectivity index (χ3n) is 3.29. The molecule has 14 heavy (non-hydrogen) atoms. The van der Waals surface area contributed by atoms with Crippen LogP contribution < -0.4 is 5.32 Å².